The minimum atomic E-state index is -1.47. The summed E-state index contributed by atoms with van der Waals surface area (Å²) in [6.07, 6.45) is 2.34. The lowest BCUT2D eigenvalue weighted by atomic mass is 9.72. The van der Waals surface area contributed by atoms with E-state index in [0.717, 1.165) is 17.5 Å². The number of methoxy groups -OCH3 is 1. The molecule has 1 aromatic heterocycles. The highest BCUT2D eigenvalue weighted by Crippen LogP contribution is 2.47. The number of aryl methyl sites for hydroxylation is 1. The summed E-state index contributed by atoms with van der Waals surface area (Å²) < 4.78 is 11.8. The SMILES string of the molecule is CCc1cnc(N2CC(Oc3cc([C@@H]4CN(C(=O)C(O)CO)C[C@@]4(C)[C@@H](C)O)ccc3OC)C2)nc1. The van der Waals surface area contributed by atoms with Crippen molar-refractivity contribution in [3.63, 3.8) is 0 Å². The second-order valence-corrected chi connectivity index (χ2v) is 9.95. The molecule has 1 unspecified atom stereocenters. The van der Waals surface area contributed by atoms with Crippen molar-refractivity contribution in [3.8, 4) is 11.5 Å². The number of likely N-dealkylation sites (tertiary alicyclic amines) is 1. The van der Waals surface area contributed by atoms with Gasteiger partial charge in [0, 0.05) is 36.8 Å². The number of carbonyl (C=O) groups is 1. The minimum absolute atomic E-state index is 0.0619. The normalized spacial score (nSPS) is 23.8. The van der Waals surface area contributed by atoms with Crippen molar-refractivity contribution in [2.45, 2.75) is 51.4 Å². The summed E-state index contributed by atoms with van der Waals surface area (Å²) in [4.78, 5) is 25.0. The summed E-state index contributed by atoms with van der Waals surface area (Å²) in [5.41, 5.74) is 1.35. The van der Waals surface area contributed by atoms with Gasteiger partial charge in [0.15, 0.2) is 17.6 Å². The van der Waals surface area contributed by atoms with Crippen molar-refractivity contribution in [3.05, 3.63) is 41.7 Å². The monoisotopic (exact) mass is 500 g/mol. The molecule has 0 saturated carbocycles. The second-order valence-electron chi connectivity index (χ2n) is 9.95. The molecule has 2 aromatic rings. The van der Waals surface area contributed by atoms with Crippen molar-refractivity contribution in [2.24, 2.45) is 5.41 Å². The molecule has 1 aromatic carbocycles. The Morgan fingerprint density at radius 3 is 2.47 bits per heavy atom. The Balaban J connectivity index is 1.50. The number of rotatable bonds is 9. The van der Waals surface area contributed by atoms with Gasteiger partial charge >= 0.3 is 0 Å². The highest BCUT2D eigenvalue weighted by molar-refractivity contribution is 5.81. The molecule has 0 radical (unpaired) electrons. The molecule has 3 N–H and O–H groups in total. The summed E-state index contributed by atoms with van der Waals surface area (Å²) in [5.74, 6) is 1.13. The number of aliphatic hydroxyl groups excluding tert-OH is 3. The van der Waals surface area contributed by atoms with E-state index in [9.17, 15) is 20.1 Å². The van der Waals surface area contributed by atoms with Gasteiger partial charge in [0.2, 0.25) is 5.95 Å². The molecule has 10 heteroatoms. The van der Waals surface area contributed by atoms with E-state index in [2.05, 4.69) is 21.8 Å². The Bertz CT molecular complexity index is 1060. The van der Waals surface area contributed by atoms with Crippen molar-refractivity contribution in [2.75, 3.05) is 44.8 Å². The largest absolute Gasteiger partial charge is 0.493 e. The molecule has 2 saturated heterocycles. The zero-order valence-electron chi connectivity index (χ0n) is 21.3. The smallest absolute Gasteiger partial charge is 0.253 e. The molecule has 4 rings (SSSR count). The van der Waals surface area contributed by atoms with Gasteiger partial charge in [-0.2, -0.15) is 0 Å². The van der Waals surface area contributed by atoms with Crippen LogP contribution in [0.25, 0.3) is 0 Å². The van der Waals surface area contributed by atoms with Crippen LogP contribution in [0.3, 0.4) is 0 Å². The molecule has 10 nitrogen and oxygen atoms in total. The molecule has 0 spiro atoms. The number of anilines is 1. The number of nitrogens with zero attached hydrogens (tertiary/aromatic N) is 4. The average molecular weight is 501 g/mol. The number of amides is 1. The molecular weight excluding hydrogens is 464 g/mol. The van der Waals surface area contributed by atoms with E-state index >= 15 is 0 Å². The molecule has 3 heterocycles. The number of ether oxygens (including phenoxy) is 2. The van der Waals surface area contributed by atoms with Crippen LogP contribution in [0.4, 0.5) is 5.95 Å². The minimum Gasteiger partial charge on any atom is -0.493 e. The third kappa shape index (κ3) is 4.98. The van der Waals surface area contributed by atoms with Gasteiger partial charge in [0.25, 0.3) is 5.91 Å². The van der Waals surface area contributed by atoms with E-state index < -0.39 is 30.1 Å². The quantitative estimate of drug-likeness (QED) is 0.462. The van der Waals surface area contributed by atoms with Crippen molar-refractivity contribution in [1.29, 1.82) is 0 Å². The Hall–Kier alpha value is -2.95. The number of benzene rings is 1. The van der Waals surface area contributed by atoms with Crippen LogP contribution in [0.15, 0.2) is 30.6 Å². The molecule has 2 aliphatic rings. The lowest BCUT2D eigenvalue weighted by molar-refractivity contribution is -0.141. The van der Waals surface area contributed by atoms with E-state index in [-0.39, 0.29) is 18.6 Å². The molecule has 2 aliphatic heterocycles. The average Bonchev–Trinajstić information content (AvgIpc) is 3.23. The summed E-state index contributed by atoms with van der Waals surface area (Å²) in [5, 5.41) is 29.7. The number of hydrogen-bond acceptors (Lipinski definition) is 9. The molecule has 36 heavy (non-hydrogen) atoms. The third-order valence-corrected chi connectivity index (χ3v) is 7.57. The summed E-state index contributed by atoms with van der Waals surface area (Å²) in [6.45, 7) is 6.94. The lowest BCUT2D eigenvalue weighted by Crippen LogP contribution is -2.54. The summed E-state index contributed by atoms with van der Waals surface area (Å²) >= 11 is 0. The van der Waals surface area contributed by atoms with E-state index in [1.165, 1.54) is 4.90 Å². The van der Waals surface area contributed by atoms with Gasteiger partial charge in [0.1, 0.15) is 6.10 Å². The molecule has 0 bridgehead atoms. The predicted molar refractivity (Wildman–Crippen MR) is 133 cm³/mol. The Morgan fingerprint density at radius 1 is 1.19 bits per heavy atom. The van der Waals surface area contributed by atoms with Crippen molar-refractivity contribution in [1.82, 2.24) is 14.9 Å². The van der Waals surface area contributed by atoms with Gasteiger partial charge < -0.3 is 34.6 Å². The third-order valence-electron chi connectivity index (χ3n) is 7.57. The lowest BCUT2D eigenvalue weighted by Gasteiger charge is -2.39. The fourth-order valence-corrected chi connectivity index (χ4v) is 4.93. The van der Waals surface area contributed by atoms with Gasteiger partial charge in [0.05, 0.1) is 32.9 Å². The predicted octanol–water partition coefficient (Wildman–Crippen LogP) is 0.981. The van der Waals surface area contributed by atoms with Crippen LogP contribution in [0.5, 0.6) is 11.5 Å². The number of hydrogen-bond donors (Lipinski definition) is 3. The zero-order valence-corrected chi connectivity index (χ0v) is 21.3. The fourth-order valence-electron chi connectivity index (χ4n) is 4.93. The Morgan fingerprint density at radius 2 is 1.89 bits per heavy atom. The van der Waals surface area contributed by atoms with Crippen LogP contribution in [-0.4, -0.2) is 94.3 Å². The van der Waals surface area contributed by atoms with Gasteiger partial charge in [-0.25, -0.2) is 9.97 Å². The van der Waals surface area contributed by atoms with E-state index in [4.69, 9.17) is 9.47 Å². The maximum absolute atomic E-state index is 12.6. The molecule has 1 amide bonds. The van der Waals surface area contributed by atoms with Crippen molar-refractivity contribution >= 4 is 11.9 Å². The van der Waals surface area contributed by atoms with Crippen LogP contribution in [-0.2, 0) is 11.2 Å². The highest BCUT2D eigenvalue weighted by Gasteiger charge is 2.49. The Kier molecular flexibility index (Phi) is 7.67. The maximum atomic E-state index is 12.6. The van der Waals surface area contributed by atoms with E-state index in [0.29, 0.717) is 37.1 Å². The van der Waals surface area contributed by atoms with Crippen LogP contribution < -0.4 is 14.4 Å². The van der Waals surface area contributed by atoms with Gasteiger partial charge in [-0.05, 0) is 36.6 Å². The first-order valence-electron chi connectivity index (χ1n) is 12.4. The second kappa shape index (κ2) is 10.6. The molecule has 0 aliphatic carbocycles. The first kappa shape index (κ1) is 26.1. The molecule has 2 fully saturated rings. The first-order valence-corrected chi connectivity index (χ1v) is 12.4. The Labute approximate surface area is 211 Å². The highest BCUT2D eigenvalue weighted by atomic mass is 16.5. The standard InChI is InChI=1S/C26H36N4O6/c1-5-17-9-27-25(28-10-17)29-11-19(12-29)36-23-8-18(6-7-22(23)35-4)20-13-30(24(34)21(33)14-31)15-26(20,3)16(2)32/h6-10,16,19-21,31-33H,5,11-15H2,1-4H3/t16-,20+,21?,26+/m1/s1. The zero-order chi connectivity index (χ0) is 26.0. The van der Waals surface area contributed by atoms with Gasteiger partial charge in [-0.3, -0.25) is 4.79 Å². The van der Waals surface area contributed by atoms with Crippen LogP contribution >= 0.6 is 0 Å². The van der Waals surface area contributed by atoms with Crippen molar-refractivity contribution < 1.29 is 29.6 Å². The molecule has 196 valence electrons. The van der Waals surface area contributed by atoms with Gasteiger partial charge in [-0.15, -0.1) is 0 Å². The molecular formula is C26H36N4O6. The van der Waals surface area contributed by atoms with E-state index in [1.807, 2.05) is 37.5 Å². The number of carbonyl (C=O) groups excluding carboxylic acids is 1. The fraction of sp³-hybridized carbons (Fsp3) is 0.577. The van der Waals surface area contributed by atoms with E-state index in [1.54, 1.807) is 14.0 Å². The summed E-state index contributed by atoms with van der Waals surface area (Å²) in [6, 6.07) is 5.67. The topological polar surface area (TPSA) is 128 Å². The number of aromatic nitrogens is 2. The van der Waals surface area contributed by atoms with Crippen LogP contribution in [0.1, 0.15) is 37.8 Å². The van der Waals surface area contributed by atoms with Gasteiger partial charge in [-0.1, -0.05) is 19.9 Å². The summed E-state index contributed by atoms with van der Waals surface area (Å²) in [7, 11) is 1.59. The molecule has 4 atom stereocenters. The van der Waals surface area contributed by atoms with Crippen LogP contribution in [0, 0.1) is 5.41 Å². The number of aliphatic hydroxyl groups is 3. The van der Waals surface area contributed by atoms with Crippen LogP contribution in [0.2, 0.25) is 0 Å². The first-order chi connectivity index (χ1) is 17.2. The maximum Gasteiger partial charge on any atom is 0.253 e.